The fraction of sp³-hybridized carbons (Fsp3) is 0.579. The van der Waals surface area contributed by atoms with Crippen molar-refractivity contribution in [3.8, 4) is 5.75 Å². The summed E-state index contributed by atoms with van der Waals surface area (Å²) in [4.78, 5) is 28.0. The Morgan fingerprint density at radius 2 is 1.77 bits per heavy atom. The molecule has 1 aromatic rings. The van der Waals surface area contributed by atoms with Crippen LogP contribution in [0.1, 0.15) is 20.3 Å². The number of rotatable bonds is 8. The van der Waals surface area contributed by atoms with Gasteiger partial charge in [-0.05, 0) is 25.5 Å². The first-order chi connectivity index (χ1) is 12.6. The second kappa shape index (κ2) is 10.8. The van der Waals surface area contributed by atoms with E-state index in [1.807, 2.05) is 44.2 Å². The van der Waals surface area contributed by atoms with Crippen LogP contribution < -0.4 is 15.4 Å². The molecule has 1 aromatic carbocycles. The summed E-state index contributed by atoms with van der Waals surface area (Å²) in [6.45, 7) is 9.07. The van der Waals surface area contributed by atoms with E-state index in [4.69, 9.17) is 4.74 Å². The van der Waals surface area contributed by atoms with Gasteiger partial charge < -0.3 is 10.1 Å². The van der Waals surface area contributed by atoms with Crippen LogP contribution in [-0.2, 0) is 4.79 Å². The van der Waals surface area contributed by atoms with Crippen molar-refractivity contribution in [3.05, 3.63) is 30.3 Å². The molecular formula is C19H30N4O3. The number of nitrogens with zero attached hydrogens (tertiary/aromatic N) is 2. The molecule has 0 spiro atoms. The minimum Gasteiger partial charge on any atom is -0.492 e. The molecule has 1 saturated heterocycles. The smallest absolute Gasteiger partial charge is 0.321 e. The van der Waals surface area contributed by atoms with Crippen molar-refractivity contribution in [1.82, 2.24) is 20.4 Å². The molecule has 7 nitrogen and oxygen atoms in total. The number of para-hydroxylation sites is 1. The highest BCUT2D eigenvalue weighted by molar-refractivity contribution is 5.95. The number of carbonyl (C=O) groups is 2. The monoisotopic (exact) mass is 362 g/mol. The molecule has 2 rings (SSSR count). The minimum atomic E-state index is -0.416. The van der Waals surface area contributed by atoms with E-state index in [1.54, 1.807) is 0 Å². The summed E-state index contributed by atoms with van der Waals surface area (Å²) in [5.41, 5.74) is 0. The molecule has 0 bridgehead atoms. The van der Waals surface area contributed by atoms with Crippen LogP contribution in [0.2, 0.25) is 0 Å². The fourth-order valence-corrected chi connectivity index (χ4v) is 2.71. The quantitative estimate of drug-likeness (QED) is 0.729. The maximum absolute atomic E-state index is 12.0. The van der Waals surface area contributed by atoms with Gasteiger partial charge in [-0.3, -0.25) is 19.9 Å². The Morgan fingerprint density at radius 1 is 1.12 bits per heavy atom. The first kappa shape index (κ1) is 20.2. The number of piperazine rings is 1. The van der Waals surface area contributed by atoms with E-state index in [0.29, 0.717) is 6.61 Å². The summed E-state index contributed by atoms with van der Waals surface area (Å²) < 4.78 is 5.72. The maximum atomic E-state index is 12.0. The lowest BCUT2D eigenvalue weighted by Crippen LogP contribution is -2.52. The Kier molecular flexibility index (Phi) is 8.37. The SMILES string of the molecule is CC[C@H](C)NC(=O)NC(=O)CN1CCN(CCOc2ccccc2)CC1. The van der Waals surface area contributed by atoms with Crippen LogP contribution in [0.15, 0.2) is 30.3 Å². The van der Waals surface area contributed by atoms with Gasteiger partial charge in [0.2, 0.25) is 5.91 Å². The van der Waals surface area contributed by atoms with Gasteiger partial charge in [0, 0.05) is 38.8 Å². The van der Waals surface area contributed by atoms with Crippen LogP contribution in [0, 0.1) is 0 Å². The van der Waals surface area contributed by atoms with E-state index >= 15 is 0 Å². The van der Waals surface area contributed by atoms with Gasteiger partial charge in [-0.2, -0.15) is 0 Å². The van der Waals surface area contributed by atoms with Crippen LogP contribution in [0.4, 0.5) is 4.79 Å². The van der Waals surface area contributed by atoms with E-state index in [2.05, 4.69) is 20.4 Å². The van der Waals surface area contributed by atoms with Crippen molar-refractivity contribution < 1.29 is 14.3 Å². The van der Waals surface area contributed by atoms with Gasteiger partial charge in [0.25, 0.3) is 0 Å². The molecule has 1 aliphatic heterocycles. The van der Waals surface area contributed by atoms with Crippen LogP contribution in [-0.4, -0.2) is 73.7 Å². The maximum Gasteiger partial charge on any atom is 0.321 e. The summed E-state index contributed by atoms with van der Waals surface area (Å²) in [6.07, 6.45) is 0.831. The number of ether oxygens (including phenoxy) is 1. The third kappa shape index (κ3) is 7.41. The van der Waals surface area contributed by atoms with E-state index in [1.165, 1.54) is 0 Å². The summed E-state index contributed by atoms with van der Waals surface area (Å²) in [6, 6.07) is 9.44. The summed E-state index contributed by atoms with van der Waals surface area (Å²) in [7, 11) is 0. The average molecular weight is 362 g/mol. The number of benzene rings is 1. The Bertz CT molecular complexity index is 559. The van der Waals surface area contributed by atoms with Crippen LogP contribution in [0.5, 0.6) is 5.75 Å². The first-order valence-corrected chi connectivity index (χ1v) is 9.29. The molecule has 0 unspecified atom stereocenters. The predicted octanol–water partition coefficient (Wildman–Crippen LogP) is 1.31. The number of carbonyl (C=O) groups excluding carboxylic acids is 2. The van der Waals surface area contributed by atoms with E-state index < -0.39 is 6.03 Å². The van der Waals surface area contributed by atoms with Gasteiger partial charge in [-0.1, -0.05) is 25.1 Å². The van der Waals surface area contributed by atoms with Gasteiger partial charge in [0.1, 0.15) is 12.4 Å². The van der Waals surface area contributed by atoms with E-state index in [-0.39, 0.29) is 18.5 Å². The third-order valence-electron chi connectivity index (χ3n) is 4.49. The zero-order valence-corrected chi connectivity index (χ0v) is 15.7. The lowest BCUT2D eigenvalue weighted by molar-refractivity contribution is -0.121. The number of hydrogen-bond donors (Lipinski definition) is 2. The van der Waals surface area contributed by atoms with Crippen LogP contribution in [0.25, 0.3) is 0 Å². The standard InChI is InChI=1S/C19H30N4O3/c1-3-16(2)20-19(25)21-18(24)15-23-11-9-22(10-12-23)13-14-26-17-7-5-4-6-8-17/h4-8,16H,3,9-15H2,1-2H3,(H2,20,21,24,25)/t16-/m0/s1. The van der Waals surface area contributed by atoms with E-state index in [9.17, 15) is 9.59 Å². The number of nitrogens with one attached hydrogen (secondary N) is 2. The lowest BCUT2D eigenvalue weighted by atomic mass is 10.3. The minimum absolute atomic E-state index is 0.0597. The number of amides is 3. The number of imide groups is 1. The van der Waals surface area contributed by atoms with Crippen molar-refractivity contribution >= 4 is 11.9 Å². The first-order valence-electron chi connectivity index (χ1n) is 9.29. The van der Waals surface area contributed by atoms with Gasteiger partial charge in [-0.25, -0.2) is 4.79 Å². The topological polar surface area (TPSA) is 73.9 Å². The van der Waals surface area contributed by atoms with Gasteiger partial charge in [-0.15, -0.1) is 0 Å². The Hall–Kier alpha value is -2.12. The predicted molar refractivity (Wildman–Crippen MR) is 101 cm³/mol. The second-order valence-corrected chi connectivity index (χ2v) is 6.61. The molecule has 0 saturated carbocycles. The molecule has 3 amide bonds. The second-order valence-electron chi connectivity index (χ2n) is 6.61. The molecule has 1 atom stereocenters. The van der Waals surface area contributed by atoms with Crippen molar-refractivity contribution in [1.29, 1.82) is 0 Å². The van der Waals surface area contributed by atoms with Gasteiger partial charge >= 0.3 is 6.03 Å². The summed E-state index contributed by atoms with van der Waals surface area (Å²) in [5.74, 6) is 0.630. The molecule has 0 aromatic heterocycles. The lowest BCUT2D eigenvalue weighted by Gasteiger charge is -2.34. The van der Waals surface area contributed by atoms with Crippen molar-refractivity contribution in [2.24, 2.45) is 0 Å². The Balaban J connectivity index is 1.59. The van der Waals surface area contributed by atoms with Gasteiger partial charge in [0.05, 0.1) is 6.54 Å². The molecular weight excluding hydrogens is 332 g/mol. The third-order valence-corrected chi connectivity index (χ3v) is 4.49. The van der Waals surface area contributed by atoms with E-state index in [0.717, 1.165) is 44.9 Å². The Morgan fingerprint density at radius 3 is 2.42 bits per heavy atom. The molecule has 1 heterocycles. The molecule has 2 N–H and O–H groups in total. The largest absolute Gasteiger partial charge is 0.492 e. The van der Waals surface area contributed by atoms with Crippen molar-refractivity contribution in [2.45, 2.75) is 26.3 Å². The highest BCUT2D eigenvalue weighted by Gasteiger charge is 2.19. The normalized spacial score (nSPS) is 16.7. The van der Waals surface area contributed by atoms with Crippen LogP contribution in [0.3, 0.4) is 0 Å². The van der Waals surface area contributed by atoms with Crippen molar-refractivity contribution in [3.63, 3.8) is 0 Å². The molecule has 1 aliphatic rings. The molecule has 26 heavy (non-hydrogen) atoms. The molecule has 0 radical (unpaired) electrons. The van der Waals surface area contributed by atoms with Crippen molar-refractivity contribution in [2.75, 3.05) is 45.9 Å². The number of hydrogen-bond acceptors (Lipinski definition) is 5. The molecule has 144 valence electrons. The zero-order chi connectivity index (χ0) is 18.8. The summed E-state index contributed by atoms with van der Waals surface area (Å²) in [5, 5.41) is 5.12. The molecule has 7 heteroatoms. The highest BCUT2D eigenvalue weighted by Crippen LogP contribution is 2.08. The number of urea groups is 1. The average Bonchev–Trinajstić information content (AvgIpc) is 2.63. The van der Waals surface area contributed by atoms with Crippen LogP contribution >= 0.6 is 0 Å². The highest BCUT2D eigenvalue weighted by atomic mass is 16.5. The Labute approximate surface area is 155 Å². The zero-order valence-electron chi connectivity index (χ0n) is 15.7. The van der Waals surface area contributed by atoms with Gasteiger partial charge in [0.15, 0.2) is 0 Å². The summed E-state index contributed by atoms with van der Waals surface area (Å²) >= 11 is 0. The fourth-order valence-electron chi connectivity index (χ4n) is 2.71. The molecule has 1 fully saturated rings. The molecule has 0 aliphatic carbocycles.